The van der Waals surface area contributed by atoms with Crippen LogP contribution >= 0.6 is 0 Å². The highest BCUT2D eigenvalue weighted by atomic mass is 32.2. The normalized spacial score (nSPS) is 13.3. The van der Waals surface area contributed by atoms with Crippen molar-refractivity contribution < 1.29 is 13.4 Å². The maximum absolute atomic E-state index is 12.1. The van der Waals surface area contributed by atoms with Crippen molar-refractivity contribution in [3.05, 3.63) is 60.1 Å². The molecule has 0 aliphatic carbocycles. The van der Waals surface area contributed by atoms with Crippen LogP contribution in [0, 0.1) is 0 Å². The fourth-order valence-corrected chi connectivity index (χ4v) is 3.16. The lowest BCUT2D eigenvalue weighted by Gasteiger charge is -2.23. The third kappa shape index (κ3) is 5.25. The molecule has 0 aliphatic heterocycles. The van der Waals surface area contributed by atoms with Gasteiger partial charge in [0.2, 0.25) is 0 Å². The minimum Gasteiger partial charge on any atom is -0.467 e. The molecule has 0 radical (unpaired) electrons. The first-order valence-corrected chi connectivity index (χ1v) is 8.99. The van der Waals surface area contributed by atoms with E-state index in [1.165, 1.54) is 0 Å². The highest BCUT2D eigenvalue weighted by molar-refractivity contribution is 7.84. The number of rotatable bonds is 7. The number of carbonyl (C=O) groups is 1. The standard InChI is InChI=1S/C17H22N2O3S/c1-14(16-9-6-11-22-16)19(2)17(20)18-10-12-23(21)13-15-7-4-3-5-8-15/h3-9,11,14H,10,12-13H2,1-2H3,(H,18,20). The number of urea groups is 1. The maximum Gasteiger partial charge on any atom is 0.317 e. The lowest BCUT2D eigenvalue weighted by atomic mass is 10.2. The summed E-state index contributed by atoms with van der Waals surface area (Å²) in [6, 6.07) is 13.0. The molecular formula is C17H22N2O3S. The molecule has 2 amide bonds. The SMILES string of the molecule is CC(c1ccco1)N(C)C(=O)NCCS(=O)Cc1ccccc1. The molecule has 0 saturated carbocycles. The van der Waals surface area contributed by atoms with Gasteiger partial charge in [-0.25, -0.2) is 4.79 Å². The predicted octanol–water partition coefficient (Wildman–Crippen LogP) is 2.93. The molecule has 0 saturated heterocycles. The van der Waals surface area contributed by atoms with Gasteiger partial charge in [-0.15, -0.1) is 0 Å². The van der Waals surface area contributed by atoms with Crippen LogP contribution in [0.1, 0.15) is 24.3 Å². The highest BCUT2D eigenvalue weighted by Gasteiger charge is 2.19. The van der Waals surface area contributed by atoms with Gasteiger partial charge in [0, 0.05) is 35.9 Å². The molecule has 0 bridgehead atoms. The fraction of sp³-hybridized carbons (Fsp3) is 0.353. The van der Waals surface area contributed by atoms with Crippen LogP contribution < -0.4 is 5.32 Å². The number of hydrogen-bond donors (Lipinski definition) is 1. The summed E-state index contributed by atoms with van der Waals surface area (Å²) in [4.78, 5) is 13.7. The van der Waals surface area contributed by atoms with E-state index in [2.05, 4.69) is 5.32 Å². The Hall–Kier alpha value is -2.08. The number of hydrogen-bond acceptors (Lipinski definition) is 3. The topological polar surface area (TPSA) is 62.6 Å². The van der Waals surface area contributed by atoms with Crippen LogP contribution in [0.5, 0.6) is 0 Å². The van der Waals surface area contributed by atoms with E-state index in [1.54, 1.807) is 24.3 Å². The Kier molecular flexibility index (Phi) is 6.40. The van der Waals surface area contributed by atoms with Crippen molar-refractivity contribution in [2.45, 2.75) is 18.7 Å². The van der Waals surface area contributed by atoms with E-state index in [1.807, 2.05) is 43.3 Å². The van der Waals surface area contributed by atoms with Gasteiger partial charge in [0.25, 0.3) is 0 Å². The summed E-state index contributed by atoms with van der Waals surface area (Å²) in [5.74, 6) is 1.68. The lowest BCUT2D eigenvalue weighted by molar-refractivity contribution is 0.188. The molecule has 1 aromatic carbocycles. The van der Waals surface area contributed by atoms with Gasteiger partial charge in [0.15, 0.2) is 0 Å². The predicted molar refractivity (Wildman–Crippen MR) is 91.4 cm³/mol. The highest BCUT2D eigenvalue weighted by Crippen LogP contribution is 2.18. The zero-order valence-electron chi connectivity index (χ0n) is 13.4. The zero-order chi connectivity index (χ0) is 16.7. The minimum absolute atomic E-state index is 0.153. The molecule has 6 heteroatoms. The quantitative estimate of drug-likeness (QED) is 0.847. The summed E-state index contributed by atoms with van der Waals surface area (Å²) in [6.07, 6.45) is 1.59. The van der Waals surface area contributed by atoms with Crippen molar-refractivity contribution in [3.8, 4) is 0 Å². The summed E-state index contributed by atoms with van der Waals surface area (Å²) in [6.45, 7) is 2.28. The van der Waals surface area contributed by atoms with E-state index in [9.17, 15) is 9.00 Å². The summed E-state index contributed by atoms with van der Waals surface area (Å²) in [5.41, 5.74) is 1.04. The van der Waals surface area contributed by atoms with Crippen molar-refractivity contribution in [3.63, 3.8) is 0 Å². The molecular weight excluding hydrogens is 312 g/mol. The molecule has 0 spiro atoms. The molecule has 0 fully saturated rings. The molecule has 1 N–H and O–H groups in total. The van der Waals surface area contributed by atoms with E-state index in [4.69, 9.17) is 4.42 Å². The Morgan fingerprint density at radius 2 is 2.00 bits per heavy atom. The second-order valence-electron chi connectivity index (χ2n) is 5.31. The van der Waals surface area contributed by atoms with Gasteiger partial charge in [-0.3, -0.25) is 4.21 Å². The van der Waals surface area contributed by atoms with Gasteiger partial charge < -0.3 is 14.6 Å². The van der Waals surface area contributed by atoms with Gasteiger partial charge in [0.1, 0.15) is 5.76 Å². The van der Waals surface area contributed by atoms with Gasteiger partial charge in [-0.05, 0) is 24.6 Å². The van der Waals surface area contributed by atoms with Crippen molar-refractivity contribution >= 4 is 16.8 Å². The first-order valence-electron chi connectivity index (χ1n) is 7.51. The first kappa shape index (κ1) is 17.3. The summed E-state index contributed by atoms with van der Waals surface area (Å²) in [7, 11) is 0.719. The molecule has 2 unspecified atom stereocenters. The average Bonchev–Trinajstić information content (AvgIpc) is 3.08. The molecule has 0 aliphatic rings. The smallest absolute Gasteiger partial charge is 0.317 e. The molecule has 5 nitrogen and oxygen atoms in total. The number of carbonyl (C=O) groups excluding carboxylic acids is 1. The molecule has 2 atom stereocenters. The van der Waals surface area contributed by atoms with E-state index in [-0.39, 0.29) is 12.1 Å². The van der Waals surface area contributed by atoms with E-state index < -0.39 is 10.8 Å². The Morgan fingerprint density at radius 3 is 2.65 bits per heavy atom. The Balaban J connectivity index is 1.73. The van der Waals surface area contributed by atoms with Gasteiger partial charge in [0.05, 0.1) is 12.3 Å². The van der Waals surface area contributed by atoms with Gasteiger partial charge in [-0.1, -0.05) is 30.3 Å². The van der Waals surface area contributed by atoms with Crippen LogP contribution in [-0.4, -0.2) is 34.5 Å². The van der Waals surface area contributed by atoms with Crippen LogP contribution in [0.2, 0.25) is 0 Å². The number of furan rings is 1. The largest absolute Gasteiger partial charge is 0.467 e. The van der Waals surface area contributed by atoms with Gasteiger partial charge in [-0.2, -0.15) is 0 Å². The number of nitrogens with zero attached hydrogens (tertiary/aromatic N) is 1. The monoisotopic (exact) mass is 334 g/mol. The number of amides is 2. The van der Waals surface area contributed by atoms with E-state index in [0.29, 0.717) is 18.1 Å². The van der Waals surface area contributed by atoms with Gasteiger partial charge >= 0.3 is 6.03 Å². The van der Waals surface area contributed by atoms with Crippen molar-refractivity contribution in [2.75, 3.05) is 19.3 Å². The average molecular weight is 334 g/mol. The zero-order valence-corrected chi connectivity index (χ0v) is 14.2. The molecule has 2 rings (SSSR count). The van der Waals surface area contributed by atoms with Crippen LogP contribution in [0.25, 0.3) is 0 Å². The van der Waals surface area contributed by atoms with Crippen molar-refractivity contribution in [2.24, 2.45) is 0 Å². The molecule has 124 valence electrons. The Morgan fingerprint density at radius 1 is 1.26 bits per heavy atom. The van der Waals surface area contributed by atoms with Crippen molar-refractivity contribution in [1.29, 1.82) is 0 Å². The summed E-state index contributed by atoms with van der Waals surface area (Å²) < 4.78 is 17.3. The first-order chi connectivity index (χ1) is 11.1. The van der Waals surface area contributed by atoms with Crippen LogP contribution in [0.4, 0.5) is 4.79 Å². The Bertz CT molecular complexity index is 629. The van der Waals surface area contributed by atoms with Crippen LogP contribution in [0.15, 0.2) is 53.1 Å². The number of benzene rings is 1. The third-order valence-electron chi connectivity index (χ3n) is 3.63. The minimum atomic E-state index is -0.993. The molecule has 1 aromatic heterocycles. The second-order valence-corrected chi connectivity index (χ2v) is 6.88. The molecule has 23 heavy (non-hydrogen) atoms. The van der Waals surface area contributed by atoms with E-state index >= 15 is 0 Å². The molecule has 2 aromatic rings. The third-order valence-corrected chi connectivity index (χ3v) is 4.95. The van der Waals surface area contributed by atoms with E-state index in [0.717, 1.165) is 11.3 Å². The number of nitrogens with one attached hydrogen (secondary N) is 1. The van der Waals surface area contributed by atoms with Crippen LogP contribution in [-0.2, 0) is 16.6 Å². The maximum atomic E-state index is 12.1. The molecule has 1 heterocycles. The lowest BCUT2D eigenvalue weighted by Crippen LogP contribution is -2.40. The summed E-state index contributed by atoms with van der Waals surface area (Å²) >= 11 is 0. The summed E-state index contributed by atoms with van der Waals surface area (Å²) in [5, 5.41) is 2.79. The van der Waals surface area contributed by atoms with Crippen LogP contribution in [0.3, 0.4) is 0 Å². The fourth-order valence-electron chi connectivity index (χ4n) is 2.12. The Labute approximate surface area is 139 Å². The van der Waals surface area contributed by atoms with Crippen molar-refractivity contribution in [1.82, 2.24) is 10.2 Å². The second kappa shape index (κ2) is 8.53.